The van der Waals surface area contributed by atoms with Crippen LogP contribution in [-0.4, -0.2) is 59.6 Å². The average molecular weight is 557 g/mol. The molecule has 0 aromatic rings. The fraction of sp³-hybridized carbons (Fsp3) is 0.909. The van der Waals surface area contributed by atoms with Crippen LogP contribution in [0.1, 0.15) is 107 Å². The van der Waals surface area contributed by atoms with Crippen LogP contribution < -0.4 is 0 Å². The molecule has 2 unspecified atom stereocenters. The smallest absolute Gasteiger partial charge is 0.782 e. The van der Waals surface area contributed by atoms with Crippen LogP contribution in [0.4, 0.5) is 0 Å². The quantitative estimate of drug-likeness (QED) is 0.117. The van der Waals surface area contributed by atoms with Crippen LogP contribution in [0.5, 0.6) is 0 Å². The third-order valence-corrected chi connectivity index (χ3v) is 4.47. The zero-order valence-corrected chi connectivity index (χ0v) is 22.1. The second-order valence-corrected chi connectivity index (χ2v) is 6.90. The Hall–Kier alpha value is 0.439. The molecule has 0 aromatic heterocycles. The Morgan fingerprint density at radius 1 is 0.690 bits per heavy atom. The molecule has 4 nitrogen and oxygen atoms in total. The molecule has 0 fully saturated rings. The molecule has 7 heteroatoms. The minimum absolute atomic E-state index is 0. The Morgan fingerprint density at radius 3 is 1.21 bits per heavy atom. The molecule has 0 aromatic carbocycles. The number of hydrogen-bond acceptors (Lipinski definition) is 6. The van der Waals surface area contributed by atoms with E-state index >= 15 is 0 Å². The van der Waals surface area contributed by atoms with Crippen molar-refractivity contribution in [1.29, 1.82) is 0 Å². The first-order chi connectivity index (χ1) is 12.5. The van der Waals surface area contributed by atoms with Crippen molar-refractivity contribution in [3.05, 3.63) is 0 Å². The van der Waals surface area contributed by atoms with E-state index in [2.05, 4.69) is 39.1 Å². The van der Waals surface area contributed by atoms with Crippen molar-refractivity contribution in [2.45, 2.75) is 119 Å². The molecule has 0 bridgehead atoms. The zero-order chi connectivity index (χ0) is 20.2. The van der Waals surface area contributed by atoms with Gasteiger partial charge in [0.1, 0.15) is 12.2 Å². The number of carbonyl (C=O) groups excluding carboxylic acids is 2. The number of rotatable bonds is 14. The second kappa shape index (κ2) is 30.6. The van der Waals surface area contributed by atoms with E-state index in [9.17, 15) is 9.59 Å². The molecule has 0 rings (SSSR count). The summed E-state index contributed by atoms with van der Waals surface area (Å²) >= 11 is 9.20. The number of carbonyl (C=O) groups is 2. The van der Waals surface area contributed by atoms with E-state index in [1.54, 1.807) is 0 Å². The van der Waals surface area contributed by atoms with Crippen molar-refractivity contribution in [2.24, 2.45) is 0 Å². The first-order valence-electron chi connectivity index (χ1n) is 10.0. The summed E-state index contributed by atoms with van der Waals surface area (Å²) in [6, 6.07) is 0. The van der Waals surface area contributed by atoms with Gasteiger partial charge in [-0.05, 0) is 38.5 Å². The molecule has 0 heterocycles. The van der Waals surface area contributed by atoms with Crippen LogP contribution in [-0.2, 0) is 44.3 Å². The summed E-state index contributed by atoms with van der Waals surface area (Å²) in [6.45, 7) is 8.40. The molecule has 0 amide bonds. The van der Waals surface area contributed by atoms with E-state index in [-0.39, 0.29) is 74.4 Å². The standard InChI is InChI=1S/2C10H20O2S.2CH4.Sn/c2*1-3-5-6-7-9(4-2)12-10(11)8-13;;;/h2*9,13H,3-8H2,1-2H3;2*1H4;/q;;;;+2/p-2. The molecular weight excluding hydrogens is 511 g/mol. The van der Waals surface area contributed by atoms with E-state index in [1.165, 1.54) is 25.7 Å². The molecule has 174 valence electrons. The first-order valence-corrected chi connectivity index (χ1v) is 11.2. The Labute approximate surface area is 209 Å². The molecule has 0 saturated carbocycles. The monoisotopic (exact) mass is 558 g/mol. The molecule has 29 heavy (non-hydrogen) atoms. The summed E-state index contributed by atoms with van der Waals surface area (Å²) in [5.41, 5.74) is 0. The number of ether oxygens (including phenoxy) is 2. The molecule has 0 spiro atoms. The fourth-order valence-corrected chi connectivity index (χ4v) is 2.51. The summed E-state index contributed by atoms with van der Waals surface area (Å²) in [5, 5.41) is 0. The van der Waals surface area contributed by atoms with Gasteiger partial charge in [-0.1, -0.05) is 79.7 Å². The minimum atomic E-state index is -0.252. The van der Waals surface area contributed by atoms with Gasteiger partial charge in [0.25, 0.3) is 11.9 Å². The van der Waals surface area contributed by atoms with Gasteiger partial charge < -0.3 is 34.7 Å². The molecule has 0 N–H and O–H groups in total. The molecule has 0 aliphatic rings. The van der Waals surface area contributed by atoms with Crippen LogP contribution in [0.3, 0.4) is 0 Å². The SMILES string of the molecule is C.C.CCCCCC(CC)OC(=O)C[S-].CCCCCC(CC)OC(=O)C[S-].[Sn+2]. The van der Waals surface area contributed by atoms with Crippen molar-refractivity contribution in [2.75, 3.05) is 11.5 Å². The fourth-order valence-electron chi connectivity index (χ4n) is 2.38. The Kier molecular flexibility index (Phi) is 42.1. The normalized spacial score (nSPS) is 11.2. The third kappa shape index (κ3) is 28.4. The third-order valence-electron chi connectivity index (χ3n) is 4.00. The van der Waals surface area contributed by atoms with Gasteiger partial charge in [0.15, 0.2) is 0 Å². The topological polar surface area (TPSA) is 52.6 Å². The van der Waals surface area contributed by atoms with E-state index in [0.717, 1.165) is 38.5 Å². The number of unbranched alkanes of at least 4 members (excludes halogenated alkanes) is 4. The predicted molar refractivity (Wildman–Crippen MR) is 132 cm³/mol. The molecule has 2 atom stereocenters. The van der Waals surface area contributed by atoms with Crippen molar-refractivity contribution in [1.82, 2.24) is 0 Å². The Bertz CT molecular complexity index is 313. The van der Waals surface area contributed by atoms with Crippen molar-refractivity contribution in [3.8, 4) is 0 Å². The number of hydrogen-bond donors (Lipinski definition) is 0. The molecular formula is C22H46O4S2Sn. The molecule has 0 aliphatic carbocycles. The van der Waals surface area contributed by atoms with Gasteiger partial charge in [-0.15, -0.1) is 0 Å². The van der Waals surface area contributed by atoms with Gasteiger partial charge in [0, 0.05) is 0 Å². The summed E-state index contributed by atoms with van der Waals surface area (Å²) in [6.07, 6.45) is 11.0. The second-order valence-electron chi connectivity index (χ2n) is 6.32. The summed E-state index contributed by atoms with van der Waals surface area (Å²) in [4.78, 5) is 21.8. The largest absolute Gasteiger partial charge is 2.00 e. The van der Waals surface area contributed by atoms with Crippen LogP contribution in [0.2, 0.25) is 0 Å². The molecule has 0 aliphatic heterocycles. The average Bonchev–Trinajstić information content (AvgIpc) is 2.66. The Balaban J connectivity index is -0.000000120. The van der Waals surface area contributed by atoms with Gasteiger partial charge in [-0.25, -0.2) is 0 Å². The van der Waals surface area contributed by atoms with E-state index < -0.39 is 0 Å². The van der Waals surface area contributed by atoms with Crippen LogP contribution in [0.25, 0.3) is 0 Å². The van der Waals surface area contributed by atoms with Gasteiger partial charge in [-0.3, -0.25) is 9.59 Å². The summed E-state index contributed by atoms with van der Waals surface area (Å²) in [5.74, 6) is -0.356. The maximum atomic E-state index is 10.9. The zero-order valence-electron chi connectivity index (χ0n) is 17.6. The van der Waals surface area contributed by atoms with Crippen molar-refractivity contribution < 1.29 is 19.1 Å². The minimum Gasteiger partial charge on any atom is -0.782 e. The van der Waals surface area contributed by atoms with Crippen molar-refractivity contribution in [3.63, 3.8) is 0 Å². The molecule has 0 saturated heterocycles. The number of esters is 2. The van der Waals surface area contributed by atoms with Gasteiger partial charge in [0.05, 0.1) is 0 Å². The Morgan fingerprint density at radius 2 is 1.00 bits per heavy atom. The maximum absolute atomic E-state index is 10.9. The van der Waals surface area contributed by atoms with Gasteiger partial charge >= 0.3 is 23.9 Å². The van der Waals surface area contributed by atoms with Crippen LogP contribution >= 0.6 is 0 Å². The first kappa shape index (κ1) is 39.9. The van der Waals surface area contributed by atoms with Gasteiger partial charge in [0.2, 0.25) is 0 Å². The molecule has 2 radical (unpaired) electrons. The van der Waals surface area contributed by atoms with Gasteiger partial charge in [-0.2, -0.15) is 0 Å². The summed E-state index contributed by atoms with van der Waals surface area (Å²) in [7, 11) is 0. The van der Waals surface area contributed by atoms with Crippen molar-refractivity contribution >= 4 is 61.1 Å². The van der Waals surface area contributed by atoms with E-state index in [1.807, 2.05) is 13.8 Å². The van der Waals surface area contributed by atoms with E-state index in [0.29, 0.717) is 0 Å². The van der Waals surface area contributed by atoms with E-state index in [4.69, 9.17) is 9.47 Å². The predicted octanol–water partition coefficient (Wildman–Crippen LogP) is 5.76. The van der Waals surface area contributed by atoms with Crippen LogP contribution in [0, 0.1) is 0 Å². The maximum Gasteiger partial charge on any atom is 2.00 e. The van der Waals surface area contributed by atoms with Crippen LogP contribution in [0.15, 0.2) is 0 Å². The summed E-state index contributed by atoms with van der Waals surface area (Å²) < 4.78 is 10.3.